The molecule has 0 radical (unpaired) electrons. The molecule has 0 saturated carbocycles. The van der Waals surface area contributed by atoms with Gasteiger partial charge in [0.1, 0.15) is 11.4 Å². The summed E-state index contributed by atoms with van der Waals surface area (Å²) in [4.78, 5) is 42.8. The van der Waals surface area contributed by atoms with Gasteiger partial charge in [0.25, 0.3) is 5.78 Å². The number of fused-ring (bicyclic) bond motifs is 1. The quantitative estimate of drug-likeness (QED) is 0.238. The number of carbonyl (C=O) groups excluding carboxylic acids is 2. The number of carboxylic acid groups (broad SMARTS) is 1. The van der Waals surface area contributed by atoms with Crippen molar-refractivity contribution in [1.29, 1.82) is 5.41 Å². The van der Waals surface area contributed by atoms with Crippen molar-refractivity contribution in [2.24, 2.45) is 5.73 Å². The number of amidine groups is 1. The summed E-state index contributed by atoms with van der Waals surface area (Å²) in [5, 5.41) is 21.1. The van der Waals surface area contributed by atoms with Crippen LogP contribution in [0.15, 0.2) is 30.3 Å². The van der Waals surface area contributed by atoms with Crippen molar-refractivity contribution in [3.8, 4) is 11.5 Å². The number of hydrogen-bond acceptors (Lipinski definition) is 8. The van der Waals surface area contributed by atoms with Crippen LogP contribution in [-0.4, -0.2) is 48.9 Å². The first-order chi connectivity index (χ1) is 15.7. The molecule has 11 heteroatoms. The Labute approximate surface area is 189 Å². The van der Waals surface area contributed by atoms with Gasteiger partial charge in [0.2, 0.25) is 0 Å². The van der Waals surface area contributed by atoms with Crippen molar-refractivity contribution >= 4 is 34.9 Å². The van der Waals surface area contributed by atoms with E-state index in [1.807, 2.05) is 0 Å². The molecule has 1 unspecified atom stereocenters. The lowest BCUT2D eigenvalue weighted by molar-refractivity contribution is -0.138. The summed E-state index contributed by atoms with van der Waals surface area (Å²) >= 11 is 0. The largest absolute Gasteiger partial charge is 0.490 e. The van der Waals surface area contributed by atoms with Crippen molar-refractivity contribution < 1.29 is 33.8 Å². The number of carboxylic acids is 1. The maximum atomic E-state index is 12.8. The standard InChI is InChI=1S/C22H24N4O7/c1-4-32-14-10-13(16(22(29)30)25-12-8-6-11(7-9-12)20(23)24)17-15(19(14)33-5-2)18(27)21(28)26(17)31-3/h6-10,16,25H,4-5H2,1-3H3,(H3,23,24)(H,29,30). The van der Waals surface area contributed by atoms with Crippen LogP contribution in [0.4, 0.5) is 11.4 Å². The van der Waals surface area contributed by atoms with Crippen LogP contribution in [0, 0.1) is 5.41 Å². The molecule has 0 spiro atoms. The summed E-state index contributed by atoms with van der Waals surface area (Å²) in [5.41, 5.74) is 6.26. The Balaban J connectivity index is 2.21. The lowest BCUT2D eigenvalue weighted by atomic mass is 9.98. The molecular weight excluding hydrogens is 432 g/mol. The first-order valence-corrected chi connectivity index (χ1v) is 10.1. The third kappa shape index (κ3) is 4.30. The van der Waals surface area contributed by atoms with Gasteiger partial charge < -0.3 is 25.6 Å². The summed E-state index contributed by atoms with van der Waals surface area (Å²) in [5.74, 6) is -3.10. The number of hydroxylamine groups is 1. The van der Waals surface area contributed by atoms with E-state index in [0.717, 1.165) is 5.06 Å². The molecule has 2 aromatic carbocycles. The summed E-state index contributed by atoms with van der Waals surface area (Å²) in [7, 11) is 1.20. The fourth-order valence-corrected chi connectivity index (χ4v) is 3.51. The molecule has 0 saturated heterocycles. The average molecular weight is 456 g/mol. The van der Waals surface area contributed by atoms with Crippen molar-refractivity contribution in [1.82, 2.24) is 0 Å². The smallest absolute Gasteiger partial charge is 0.330 e. The van der Waals surface area contributed by atoms with Gasteiger partial charge in [-0.05, 0) is 44.2 Å². The van der Waals surface area contributed by atoms with E-state index in [-0.39, 0.29) is 47.4 Å². The van der Waals surface area contributed by atoms with Gasteiger partial charge in [-0.2, -0.15) is 5.06 Å². The Morgan fingerprint density at radius 3 is 2.33 bits per heavy atom. The lowest BCUT2D eigenvalue weighted by Gasteiger charge is -2.24. The van der Waals surface area contributed by atoms with Crippen LogP contribution in [0.2, 0.25) is 0 Å². The molecule has 33 heavy (non-hydrogen) atoms. The fourth-order valence-electron chi connectivity index (χ4n) is 3.51. The Kier molecular flexibility index (Phi) is 6.83. The number of ketones is 1. The number of ether oxygens (including phenoxy) is 2. The van der Waals surface area contributed by atoms with E-state index in [1.165, 1.54) is 13.2 Å². The van der Waals surface area contributed by atoms with Crippen molar-refractivity contribution in [2.75, 3.05) is 30.7 Å². The fraction of sp³-hybridized carbons (Fsp3) is 0.273. The average Bonchev–Trinajstić information content (AvgIpc) is 3.04. The first-order valence-electron chi connectivity index (χ1n) is 10.1. The second-order valence-electron chi connectivity index (χ2n) is 6.90. The van der Waals surface area contributed by atoms with Gasteiger partial charge in [-0.25, -0.2) is 4.79 Å². The Bertz CT molecular complexity index is 1110. The van der Waals surface area contributed by atoms with E-state index in [0.29, 0.717) is 11.3 Å². The van der Waals surface area contributed by atoms with Crippen LogP contribution in [0.1, 0.15) is 41.4 Å². The van der Waals surface area contributed by atoms with Crippen molar-refractivity contribution in [2.45, 2.75) is 19.9 Å². The van der Waals surface area contributed by atoms with Gasteiger partial charge in [-0.1, -0.05) is 0 Å². The molecule has 11 nitrogen and oxygen atoms in total. The second-order valence-corrected chi connectivity index (χ2v) is 6.90. The molecule has 174 valence electrons. The number of benzene rings is 2. The molecule has 0 fully saturated rings. The molecule has 5 N–H and O–H groups in total. The molecule has 1 heterocycles. The molecule has 0 bridgehead atoms. The normalized spacial score (nSPS) is 13.5. The molecule has 1 aliphatic heterocycles. The zero-order chi connectivity index (χ0) is 24.3. The molecule has 3 rings (SSSR count). The highest BCUT2D eigenvalue weighted by Crippen LogP contribution is 2.47. The Morgan fingerprint density at radius 2 is 1.82 bits per heavy atom. The Morgan fingerprint density at radius 1 is 1.18 bits per heavy atom. The second kappa shape index (κ2) is 9.57. The molecule has 1 amide bonds. The lowest BCUT2D eigenvalue weighted by Crippen LogP contribution is -2.30. The van der Waals surface area contributed by atoms with Crippen LogP contribution in [0.25, 0.3) is 0 Å². The third-order valence-corrected chi connectivity index (χ3v) is 4.89. The van der Waals surface area contributed by atoms with Crippen LogP contribution < -0.4 is 25.6 Å². The first kappa shape index (κ1) is 23.5. The zero-order valence-corrected chi connectivity index (χ0v) is 18.3. The van der Waals surface area contributed by atoms with E-state index >= 15 is 0 Å². The van der Waals surface area contributed by atoms with E-state index in [1.54, 1.807) is 38.1 Å². The monoisotopic (exact) mass is 456 g/mol. The number of carbonyl (C=O) groups is 3. The summed E-state index contributed by atoms with van der Waals surface area (Å²) in [6.07, 6.45) is 0. The number of nitrogens with two attached hydrogens (primary N) is 1. The predicted octanol–water partition coefficient (Wildman–Crippen LogP) is 2.10. The van der Waals surface area contributed by atoms with Gasteiger partial charge in [0, 0.05) is 16.8 Å². The minimum absolute atomic E-state index is 0.0281. The van der Waals surface area contributed by atoms with Gasteiger partial charge in [0.05, 0.1) is 26.0 Å². The third-order valence-electron chi connectivity index (χ3n) is 4.89. The van der Waals surface area contributed by atoms with Gasteiger partial charge in [-0.3, -0.25) is 19.8 Å². The van der Waals surface area contributed by atoms with E-state index in [9.17, 15) is 19.5 Å². The molecule has 1 atom stereocenters. The molecular formula is C22H24N4O7. The number of nitrogens with zero attached hydrogens (tertiary/aromatic N) is 1. The number of nitrogen functional groups attached to an aromatic ring is 1. The number of anilines is 2. The number of rotatable bonds is 10. The SMILES string of the molecule is CCOc1cc(C(Nc2ccc(C(=N)N)cc2)C(=O)O)c2c(c1OCC)C(=O)C(=O)N2OC. The maximum Gasteiger partial charge on any atom is 0.330 e. The van der Waals surface area contributed by atoms with Crippen LogP contribution in [0.3, 0.4) is 0 Å². The van der Waals surface area contributed by atoms with E-state index in [4.69, 9.17) is 25.5 Å². The molecule has 1 aliphatic rings. The number of nitrogens with one attached hydrogen (secondary N) is 2. The number of hydrogen-bond donors (Lipinski definition) is 4. The van der Waals surface area contributed by atoms with Gasteiger partial charge in [0.15, 0.2) is 17.5 Å². The summed E-state index contributed by atoms with van der Waals surface area (Å²) < 4.78 is 11.2. The van der Waals surface area contributed by atoms with Crippen LogP contribution in [-0.2, 0) is 14.4 Å². The van der Waals surface area contributed by atoms with E-state index < -0.39 is 23.7 Å². The van der Waals surface area contributed by atoms with Crippen molar-refractivity contribution in [3.63, 3.8) is 0 Å². The zero-order valence-electron chi connectivity index (χ0n) is 18.3. The topological polar surface area (TPSA) is 164 Å². The van der Waals surface area contributed by atoms with Gasteiger partial charge >= 0.3 is 11.9 Å². The molecule has 2 aromatic rings. The number of amides is 1. The number of aliphatic carboxylic acids is 1. The predicted molar refractivity (Wildman–Crippen MR) is 119 cm³/mol. The van der Waals surface area contributed by atoms with E-state index in [2.05, 4.69) is 5.32 Å². The summed E-state index contributed by atoms with van der Waals surface area (Å²) in [6.45, 7) is 3.83. The molecule has 0 aliphatic carbocycles. The number of Topliss-reactive ketones (excluding diaryl/α,β-unsaturated/α-hetero) is 1. The maximum absolute atomic E-state index is 12.8. The Hall–Kier alpha value is -4.12. The minimum atomic E-state index is -1.40. The van der Waals surface area contributed by atoms with Crippen LogP contribution in [0.5, 0.6) is 11.5 Å². The highest BCUT2D eigenvalue weighted by Gasteiger charge is 2.45. The highest BCUT2D eigenvalue weighted by molar-refractivity contribution is 6.52. The van der Waals surface area contributed by atoms with Gasteiger partial charge in [-0.15, -0.1) is 0 Å². The van der Waals surface area contributed by atoms with Crippen molar-refractivity contribution in [3.05, 3.63) is 47.0 Å². The van der Waals surface area contributed by atoms with Crippen LogP contribution >= 0.6 is 0 Å². The summed E-state index contributed by atoms with van der Waals surface area (Å²) in [6, 6.07) is 6.28. The molecule has 0 aromatic heterocycles. The minimum Gasteiger partial charge on any atom is -0.490 e. The highest BCUT2D eigenvalue weighted by atomic mass is 16.7.